The first-order valence-electron chi connectivity index (χ1n) is 7.56. The van der Waals surface area contributed by atoms with Crippen LogP contribution in [0.5, 0.6) is 0 Å². The fourth-order valence-corrected chi connectivity index (χ4v) is 2.83. The van der Waals surface area contributed by atoms with Crippen LogP contribution in [0.2, 0.25) is 0 Å². The maximum Gasteiger partial charge on any atom is 0.229 e. The van der Waals surface area contributed by atoms with Crippen LogP contribution in [0.1, 0.15) is 51.2 Å². The summed E-state index contributed by atoms with van der Waals surface area (Å²) < 4.78 is 16.4. The molecule has 1 unspecified atom stereocenters. The topological polar surface area (TPSA) is 83.4 Å². The van der Waals surface area contributed by atoms with E-state index in [9.17, 15) is 0 Å². The van der Waals surface area contributed by atoms with Crippen molar-refractivity contribution >= 4 is 0 Å². The molecule has 6 nitrogen and oxygen atoms in total. The van der Waals surface area contributed by atoms with Gasteiger partial charge in [-0.05, 0) is 31.1 Å². The van der Waals surface area contributed by atoms with E-state index in [1.54, 1.807) is 14.2 Å². The smallest absolute Gasteiger partial charge is 0.229 e. The van der Waals surface area contributed by atoms with Crippen LogP contribution < -0.4 is 5.73 Å². The third kappa shape index (κ3) is 3.62. The summed E-state index contributed by atoms with van der Waals surface area (Å²) in [4.78, 5) is 4.52. The number of aromatic nitrogens is 2. The fraction of sp³-hybridized carbons (Fsp3) is 0.867. The standard InChI is InChI=1S/C15H27N3O3/c1-14(2)5-7-15(20-4,8-6-14)13-17-12(21-18-13)9-11(10-16)19-3/h11H,5-10,16H2,1-4H3. The molecule has 1 aromatic rings. The van der Waals surface area contributed by atoms with Crippen LogP contribution >= 0.6 is 0 Å². The number of hydrogen-bond donors (Lipinski definition) is 1. The van der Waals surface area contributed by atoms with Gasteiger partial charge in [0.15, 0.2) is 0 Å². The molecule has 1 aromatic heterocycles. The van der Waals surface area contributed by atoms with Gasteiger partial charge in [0.1, 0.15) is 5.60 Å². The Morgan fingerprint density at radius 1 is 1.24 bits per heavy atom. The second kappa shape index (κ2) is 6.42. The molecule has 1 saturated carbocycles. The van der Waals surface area contributed by atoms with Gasteiger partial charge < -0.3 is 19.7 Å². The van der Waals surface area contributed by atoms with Gasteiger partial charge in [-0.1, -0.05) is 19.0 Å². The van der Waals surface area contributed by atoms with Crippen molar-refractivity contribution in [3.8, 4) is 0 Å². The van der Waals surface area contributed by atoms with E-state index >= 15 is 0 Å². The van der Waals surface area contributed by atoms with Gasteiger partial charge >= 0.3 is 0 Å². The summed E-state index contributed by atoms with van der Waals surface area (Å²) in [7, 11) is 3.36. The summed E-state index contributed by atoms with van der Waals surface area (Å²) in [5.41, 5.74) is 5.57. The SMILES string of the molecule is COC(CN)Cc1nc(C2(OC)CCC(C)(C)CC2)no1. The molecule has 0 aliphatic heterocycles. The molecule has 0 spiro atoms. The maximum atomic E-state index is 5.79. The third-order valence-corrected chi connectivity index (χ3v) is 4.68. The molecule has 2 rings (SSSR count). The Kier molecular flexibility index (Phi) is 5.01. The highest BCUT2D eigenvalue weighted by atomic mass is 16.5. The molecule has 0 bridgehead atoms. The molecule has 1 atom stereocenters. The summed E-state index contributed by atoms with van der Waals surface area (Å²) in [5.74, 6) is 1.21. The molecule has 21 heavy (non-hydrogen) atoms. The van der Waals surface area contributed by atoms with Crippen molar-refractivity contribution < 1.29 is 14.0 Å². The van der Waals surface area contributed by atoms with Gasteiger partial charge in [0, 0.05) is 20.8 Å². The van der Waals surface area contributed by atoms with E-state index in [4.69, 9.17) is 19.7 Å². The van der Waals surface area contributed by atoms with Gasteiger partial charge in [-0.2, -0.15) is 4.98 Å². The van der Waals surface area contributed by atoms with Crippen LogP contribution in [0.3, 0.4) is 0 Å². The van der Waals surface area contributed by atoms with Crippen LogP contribution in [-0.2, 0) is 21.5 Å². The Bertz CT molecular complexity index is 445. The van der Waals surface area contributed by atoms with E-state index < -0.39 is 5.60 Å². The predicted octanol–water partition coefficient (Wildman–Crippen LogP) is 2.03. The molecule has 1 aliphatic rings. The molecule has 0 saturated heterocycles. The van der Waals surface area contributed by atoms with E-state index in [1.807, 2.05) is 0 Å². The van der Waals surface area contributed by atoms with Crippen molar-refractivity contribution in [2.45, 2.75) is 57.7 Å². The number of rotatable bonds is 6. The molecule has 1 fully saturated rings. The normalized spacial score (nSPS) is 22.1. The Labute approximate surface area is 126 Å². The van der Waals surface area contributed by atoms with Crippen LogP contribution in [0.25, 0.3) is 0 Å². The average molecular weight is 297 g/mol. The Balaban J connectivity index is 2.11. The largest absolute Gasteiger partial charge is 0.380 e. The van der Waals surface area contributed by atoms with E-state index in [0.717, 1.165) is 25.7 Å². The predicted molar refractivity (Wildman–Crippen MR) is 78.8 cm³/mol. The van der Waals surface area contributed by atoms with Crippen LogP contribution in [0.15, 0.2) is 4.52 Å². The average Bonchev–Trinajstić information content (AvgIpc) is 2.94. The molecule has 6 heteroatoms. The van der Waals surface area contributed by atoms with E-state index in [2.05, 4.69) is 24.0 Å². The summed E-state index contributed by atoms with van der Waals surface area (Å²) in [6.45, 7) is 5.01. The van der Waals surface area contributed by atoms with Crippen LogP contribution in [0.4, 0.5) is 0 Å². The lowest BCUT2D eigenvalue weighted by molar-refractivity contribution is -0.0740. The van der Waals surface area contributed by atoms with Crippen LogP contribution in [-0.4, -0.2) is 37.0 Å². The molecule has 120 valence electrons. The van der Waals surface area contributed by atoms with Crippen molar-refractivity contribution in [3.05, 3.63) is 11.7 Å². The minimum Gasteiger partial charge on any atom is -0.380 e. The first-order chi connectivity index (χ1) is 9.94. The van der Waals surface area contributed by atoms with Gasteiger partial charge in [-0.25, -0.2) is 0 Å². The maximum absolute atomic E-state index is 5.79. The van der Waals surface area contributed by atoms with Crippen molar-refractivity contribution in [1.29, 1.82) is 0 Å². The summed E-state index contributed by atoms with van der Waals surface area (Å²) in [5, 5.41) is 4.14. The zero-order valence-electron chi connectivity index (χ0n) is 13.5. The lowest BCUT2D eigenvalue weighted by Crippen LogP contribution is -2.37. The van der Waals surface area contributed by atoms with Crippen LogP contribution in [0, 0.1) is 5.41 Å². The van der Waals surface area contributed by atoms with Gasteiger partial charge in [-0.3, -0.25) is 0 Å². The Hall–Kier alpha value is -0.980. The zero-order chi connectivity index (χ0) is 15.5. The highest BCUT2D eigenvalue weighted by Crippen LogP contribution is 2.46. The minimum absolute atomic E-state index is 0.0953. The molecule has 0 radical (unpaired) electrons. The highest BCUT2D eigenvalue weighted by Gasteiger charge is 2.43. The van der Waals surface area contributed by atoms with Gasteiger partial charge in [0.05, 0.1) is 12.5 Å². The molecule has 2 N–H and O–H groups in total. The lowest BCUT2D eigenvalue weighted by Gasteiger charge is -2.40. The molecule has 1 aliphatic carbocycles. The summed E-state index contributed by atoms with van der Waals surface area (Å²) >= 11 is 0. The molecule has 1 heterocycles. The molecule has 0 amide bonds. The van der Waals surface area contributed by atoms with Crippen molar-refractivity contribution in [2.24, 2.45) is 11.1 Å². The first-order valence-corrected chi connectivity index (χ1v) is 7.56. The fourth-order valence-electron chi connectivity index (χ4n) is 2.83. The zero-order valence-corrected chi connectivity index (χ0v) is 13.5. The second-order valence-electron chi connectivity index (χ2n) is 6.67. The Morgan fingerprint density at radius 2 is 1.90 bits per heavy atom. The highest BCUT2D eigenvalue weighted by molar-refractivity contribution is 5.05. The summed E-state index contributed by atoms with van der Waals surface area (Å²) in [6.07, 6.45) is 4.45. The van der Waals surface area contributed by atoms with Gasteiger partial charge in [-0.15, -0.1) is 0 Å². The summed E-state index contributed by atoms with van der Waals surface area (Å²) in [6, 6.07) is 0. The quantitative estimate of drug-likeness (QED) is 0.865. The second-order valence-corrected chi connectivity index (χ2v) is 6.67. The molecule has 0 aromatic carbocycles. The number of nitrogens with zero attached hydrogens (tertiary/aromatic N) is 2. The van der Waals surface area contributed by atoms with Gasteiger partial charge in [0.25, 0.3) is 0 Å². The van der Waals surface area contributed by atoms with E-state index in [0.29, 0.717) is 30.1 Å². The Morgan fingerprint density at radius 3 is 2.43 bits per heavy atom. The molecular weight excluding hydrogens is 270 g/mol. The molecular formula is C15H27N3O3. The minimum atomic E-state index is -0.414. The third-order valence-electron chi connectivity index (χ3n) is 4.68. The number of methoxy groups -OCH3 is 2. The van der Waals surface area contributed by atoms with Crippen molar-refractivity contribution in [2.75, 3.05) is 20.8 Å². The van der Waals surface area contributed by atoms with Crippen molar-refractivity contribution in [3.63, 3.8) is 0 Å². The monoisotopic (exact) mass is 297 g/mol. The van der Waals surface area contributed by atoms with E-state index in [-0.39, 0.29) is 6.10 Å². The lowest BCUT2D eigenvalue weighted by atomic mass is 9.70. The van der Waals surface area contributed by atoms with Crippen molar-refractivity contribution in [1.82, 2.24) is 10.1 Å². The number of nitrogens with two attached hydrogens (primary N) is 1. The number of hydrogen-bond acceptors (Lipinski definition) is 6. The van der Waals surface area contributed by atoms with Gasteiger partial charge in [0.2, 0.25) is 11.7 Å². The van der Waals surface area contributed by atoms with E-state index in [1.165, 1.54) is 0 Å². The number of ether oxygens (including phenoxy) is 2. The first kappa shape index (κ1) is 16.4.